The van der Waals surface area contributed by atoms with Gasteiger partial charge in [-0.1, -0.05) is 49.4 Å². The number of para-hydroxylation sites is 1. The van der Waals surface area contributed by atoms with Crippen molar-refractivity contribution in [3.8, 4) is 22.8 Å². The van der Waals surface area contributed by atoms with Crippen LogP contribution in [0.2, 0.25) is 0 Å². The van der Waals surface area contributed by atoms with Crippen LogP contribution in [0.1, 0.15) is 39.0 Å². The summed E-state index contributed by atoms with van der Waals surface area (Å²) < 4.78 is 22.1. The Morgan fingerprint density at radius 2 is 1.56 bits per heavy atom. The number of rotatable bonds is 13. The molecular formula is C40H37N3O7. The van der Waals surface area contributed by atoms with Crippen LogP contribution in [-0.2, 0) is 13.0 Å². The van der Waals surface area contributed by atoms with Crippen molar-refractivity contribution in [2.75, 3.05) is 37.9 Å². The number of methoxy groups -OCH3 is 2. The summed E-state index contributed by atoms with van der Waals surface area (Å²) in [5, 5.41) is 5.97. The van der Waals surface area contributed by atoms with Crippen LogP contribution < -0.4 is 25.5 Å². The summed E-state index contributed by atoms with van der Waals surface area (Å²) >= 11 is 0. The molecule has 0 radical (unpaired) electrons. The van der Waals surface area contributed by atoms with E-state index in [1.54, 1.807) is 30.5 Å². The molecule has 10 heteroatoms. The minimum absolute atomic E-state index is 0.123. The predicted octanol–water partition coefficient (Wildman–Crippen LogP) is 7.64. The van der Waals surface area contributed by atoms with E-state index in [0.717, 1.165) is 49.0 Å². The van der Waals surface area contributed by atoms with Crippen LogP contribution in [0.15, 0.2) is 123 Å². The Bertz CT molecular complexity index is 2170. The van der Waals surface area contributed by atoms with Crippen LogP contribution >= 0.6 is 0 Å². The normalized spacial score (nSPS) is 11.0. The molecule has 2 N–H and O–H groups in total. The Balaban J connectivity index is 1.13. The average Bonchev–Trinajstić information content (AvgIpc) is 3.69. The van der Waals surface area contributed by atoms with Crippen molar-refractivity contribution >= 4 is 34.2 Å². The van der Waals surface area contributed by atoms with Crippen LogP contribution in [0, 0.1) is 0 Å². The SMILES string of the molecule is CCN(CCc1ccc(NC(=O)c2cc(OC)c(OC)cc2NC(=O)c2cc(=O)c3ccccc3o2)cc1)Cc1cccc(-c2ccco2)c1. The van der Waals surface area contributed by atoms with Crippen molar-refractivity contribution in [3.05, 3.63) is 142 Å². The fraction of sp³-hybridized carbons (Fsp3) is 0.175. The van der Waals surface area contributed by atoms with Crippen LogP contribution in [-0.4, -0.2) is 44.0 Å². The van der Waals surface area contributed by atoms with Gasteiger partial charge in [-0.05, 0) is 72.6 Å². The largest absolute Gasteiger partial charge is 0.493 e. The zero-order valence-corrected chi connectivity index (χ0v) is 28.0. The van der Waals surface area contributed by atoms with Gasteiger partial charge in [-0.2, -0.15) is 0 Å². The van der Waals surface area contributed by atoms with E-state index in [1.807, 2.05) is 42.5 Å². The second-order valence-corrected chi connectivity index (χ2v) is 11.6. The maximum atomic E-state index is 13.6. The van der Waals surface area contributed by atoms with E-state index < -0.39 is 11.8 Å². The van der Waals surface area contributed by atoms with Crippen molar-refractivity contribution in [2.24, 2.45) is 0 Å². The number of nitrogens with zero attached hydrogens (tertiary/aromatic N) is 1. The van der Waals surface area contributed by atoms with Gasteiger partial charge < -0.3 is 28.9 Å². The number of furan rings is 1. The van der Waals surface area contributed by atoms with Gasteiger partial charge in [0.05, 0.1) is 37.1 Å². The number of anilines is 2. The summed E-state index contributed by atoms with van der Waals surface area (Å²) in [6.45, 7) is 4.73. The molecule has 0 aliphatic carbocycles. The lowest BCUT2D eigenvalue weighted by Gasteiger charge is -2.21. The van der Waals surface area contributed by atoms with E-state index in [0.29, 0.717) is 22.6 Å². The number of hydrogen-bond donors (Lipinski definition) is 2. The lowest BCUT2D eigenvalue weighted by Crippen LogP contribution is -2.25. The minimum atomic E-state index is -0.704. The average molecular weight is 672 g/mol. The molecule has 0 spiro atoms. The fourth-order valence-corrected chi connectivity index (χ4v) is 5.68. The molecule has 50 heavy (non-hydrogen) atoms. The van der Waals surface area contributed by atoms with Gasteiger partial charge in [0.15, 0.2) is 22.7 Å². The highest BCUT2D eigenvalue weighted by Crippen LogP contribution is 2.34. The number of hydrogen-bond acceptors (Lipinski definition) is 8. The second-order valence-electron chi connectivity index (χ2n) is 11.6. The van der Waals surface area contributed by atoms with Gasteiger partial charge in [0.2, 0.25) is 0 Å². The summed E-state index contributed by atoms with van der Waals surface area (Å²) in [7, 11) is 2.91. The van der Waals surface area contributed by atoms with E-state index >= 15 is 0 Å². The third-order valence-electron chi connectivity index (χ3n) is 8.39. The molecule has 0 bridgehead atoms. The molecule has 2 aromatic heterocycles. The van der Waals surface area contributed by atoms with E-state index in [-0.39, 0.29) is 28.0 Å². The molecule has 0 unspecified atom stereocenters. The number of fused-ring (bicyclic) bond motifs is 1. The number of benzene rings is 4. The zero-order chi connectivity index (χ0) is 35.0. The molecule has 0 saturated carbocycles. The number of amides is 2. The molecule has 10 nitrogen and oxygen atoms in total. The number of likely N-dealkylation sites (N-methyl/N-ethyl adjacent to an activating group) is 1. The third-order valence-corrected chi connectivity index (χ3v) is 8.39. The Kier molecular flexibility index (Phi) is 10.4. The molecule has 2 heterocycles. The first kappa shape index (κ1) is 33.8. The monoisotopic (exact) mass is 671 g/mol. The number of ether oxygens (including phenoxy) is 2. The van der Waals surface area contributed by atoms with E-state index in [9.17, 15) is 14.4 Å². The number of carbonyl (C=O) groups excluding carboxylic acids is 2. The summed E-state index contributed by atoms with van der Waals surface area (Å²) in [5.41, 5.74) is 4.16. The van der Waals surface area contributed by atoms with E-state index in [4.69, 9.17) is 18.3 Å². The highest BCUT2D eigenvalue weighted by molar-refractivity contribution is 6.12. The van der Waals surface area contributed by atoms with E-state index in [1.165, 1.54) is 31.9 Å². The Labute approximate surface area is 289 Å². The molecule has 254 valence electrons. The molecular weight excluding hydrogens is 634 g/mol. The first-order valence-corrected chi connectivity index (χ1v) is 16.2. The summed E-state index contributed by atoms with van der Waals surface area (Å²) in [6.07, 6.45) is 2.51. The predicted molar refractivity (Wildman–Crippen MR) is 193 cm³/mol. The van der Waals surface area contributed by atoms with Gasteiger partial charge in [-0.3, -0.25) is 19.3 Å². The van der Waals surface area contributed by atoms with Gasteiger partial charge >= 0.3 is 0 Å². The van der Waals surface area contributed by atoms with Crippen LogP contribution in [0.4, 0.5) is 11.4 Å². The van der Waals surface area contributed by atoms with Gasteiger partial charge in [-0.15, -0.1) is 0 Å². The van der Waals surface area contributed by atoms with Crippen molar-refractivity contribution in [3.63, 3.8) is 0 Å². The molecule has 0 saturated heterocycles. The van der Waals surface area contributed by atoms with Crippen LogP contribution in [0.25, 0.3) is 22.3 Å². The molecule has 6 rings (SSSR count). The Hall–Kier alpha value is -6.13. The maximum absolute atomic E-state index is 13.6. The molecule has 0 aliphatic rings. The fourth-order valence-electron chi connectivity index (χ4n) is 5.68. The standard InChI is InChI=1S/C40H37N3O7/c1-4-43(25-27-9-7-10-28(21-27)34-13-8-20-49-34)19-18-26-14-16-29(17-15-26)41-39(45)31-22-36(47-2)37(48-3)23-32(31)42-40(46)38-24-33(44)30-11-5-6-12-35(30)50-38/h5-17,20-24H,4,18-19,25H2,1-3H3,(H,41,45)(H,42,46). The lowest BCUT2D eigenvalue weighted by molar-refractivity contribution is 0.0997. The Morgan fingerprint density at radius 3 is 2.30 bits per heavy atom. The van der Waals surface area contributed by atoms with Crippen molar-refractivity contribution in [1.82, 2.24) is 4.90 Å². The van der Waals surface area contributed by atoms with Gasteiger partial charge in [0, 0.05) is 36.5 Å². The lowest BCUT2D eigenvalue weighted by atomic mass is 10.1. The quantitative estimate of drug-likeness (QED) is 0.128. The molecule has 0 aliphatic heterocycles. The first-order valence-electron chi connectivity index (χ1n) is 16.2. The minimum Gasteiger partial charge on any atom is -0.493 e. The topological polar surface area (TPSA) is 123 Å². The molecule has 4 aromatic carbocycles. The van der Waals surface area contributed by atoms with Crippen molar-refractivity contribution in [2.45, 2.75) is 19.9 Å². The van der Waals surface area contributed by atoms with Crippen molar-refractivity contribution in [1.29, 1.82) is 0 Å². The smallest absolute Gasteiger partial charge is 0.291 e. The second kappa shape index (κ2) is 15.4. The van der Waals surface area contributed by atoms with Crippen LogP contribution in [0.3, 0.4) is 0 Å². The van der Waals surface area contributed by atoms with E-state index in [2.05, 4.69) is 40.7 Å². The maximum Gasteiger partial charge on any atom is 0.291 e. The summed E-state index contributed by atoms with van der Waals surface area (Å²) in [6, 6.07) is 30.7. The highest BCUT2D eigenvalue weighted by atomic mass is 16.5. The third kappa shape index (κ3) is 7.77. The van der Waals surface area contributed by atoms with Gasteiger partial charge in [0.1, 0.15) is 11.3 Å². The summed E-state index contributed by atoms with van der Waals surface area (Å²) in [5.74, 6) is 0.0682. The Morgan fingerprint density at radius 1 is 0.780 bits per heavy atom. The molecule has 6 aromatic rings. The van der Waals surface area contributed by atoms with Gasteiger partial charge in [-0.25, -0.2) is 0 Å². The van der Waals surface area contributed by atoms with Crippen molar-refractivity contribution < 1.29 is 27.9 Å². The number of carbonyl (C=O) groups is 2. The van der Waals surface area contributed by atoms with Crippen LogP contribution in [0.5, 0.6) is 11.5 Å². The molecule has 2 amide bonds. The summed E-state index contributed by atoms with van der Waals surface area (Å²) in [4.78, 5) is 41.9. The zero-order valence-electron chi connectivity index (χ0n) is 28.0. The van der Waals surface area contributed by atoms with Gasteiger partial charge in [0.25, 0.3) is 11.8 Å². The molecule has 0 fully saturated rings. The molecule has 0 atom stereocenters. The first-order chi connectivity index (χ1) is 24.3. The number of nitrogens with one attached hydrogen (secondary N) is 2. The highest BCUT2D eigenvalue weighted by Gasteiger charge is 2.21.